The van der Waals surface area contributed by atoms with Crippen LogP contribution in [0.4, 0.5) is 5.69 Å². The summed E-state index contributed by atoms with van der Waals surface area (Å²) in [6.07, 6.45) is 3.79. The Morgan fingerprint density at radius 2 is 2.29 bits per heavy atom. The summed E-state index contributed by atoms with van der Waals surface area (Å²) in [5.41, 5.74) is 6.33. The van der Waals surface area contributed by atoms with Crippen LogP contribution in [0, 0.1) is 5.92 Å². The van der Waals surface area contributed by atoms with Crippen molar-refractivity contribution < 1.29 is 9.53 Å². The van der Waals surface area contributed by atoms with Gasteiger partial charge in [-0.1, -0.05) is 13.8 Å². The molecule has 0 saturated heterocycles. The van der Waals surface area contributed by atoms with Crippen LogP contribution in [-0.2, 0) is 4.79 Å². The van der Waals surface area contributed by atoms with E-state index >= 15 is 0 Å². The van der Waals surface area contributed by atoms with Crippen molar-refractivity contribution in [1.29, 1.82) is 0 Å². The van der Waals surface area contributed by atoms with Gasteiger partial charge in [-0.3, -0.25) is 9.78 Å². The van der Waals surface area contributed by atoms with Crippen molar-refractivity contribution >= 4 is 11.6 Å². The van der Waals surface area contributed by atoms with E-state index in [4.69, 9.17) is 10.5 Å². The lowest BCUT2D eigenvalue weighted by Gasteiger charge is -2.15. The summed E-state index contributed by atoms with van der Waals surface area (Å²) in [4.78, 5) is 15.7. The number of ether oxygens (including phenoxy) is 1. The molecule has 0 bridgehead atoms. The molecule has 94 valence electrons. The molecule has 1 aromatic heterocycles. The van der Waals surface area contributed by atoms with Crippen molar-refractivity contribution in [3.63, 3.8) is 0 Å². The van der Waals surface area contributed by atoms with Crippen LogP contribution in [0.1, 0.15) is 20.3 Å². The minimum Gasteiger partial charge on any atom is -0.494 e. The van der Waals surface area contributed by atoms with E-state index < -0.39 is 6.04 Å². The van der Waals surface area contributed by atoms with E-state index in [-0.39, 0.29) is 5.91 Å². The normalized spacial score (nSPS) is 12.3. The minimum absolute atomic E-state index is 0.218. The summed E-state index contributed by atoms with van der Waals surface area (Å²) in [7, 11) is 1.54. The molecule has 0 fully saturated rings. The molecule has 1 atom stereocenters. The fourth-order valence-electron chi connectivity index (χ4n) is 1.49. The Bertz CT molecular complexity index is 380. The van der Waals surface area contributed by atoms with E-state index in [1.54, 1.807) is 25.6 Å². The Morgan fingerprint density at radius 3 is 2.88 bits per heavy atom. The summed E-state index contributed by atoms with van der Waals surface area (Å²) in [5, 5.41) is 2.72. The fourth-order valence-corrected chi connectivity index (χ4v) is 1.49. The van der Waals surface area contributed by atoms with Gasteiger partial charge in [-0.25, -0.2) is 0 Å². The highest BCUT2D eigenvalue weighted by Gasteiger charge is 2.16. The topological polar surface area (TPSA) is 77.2 Å². The third-order valence-electron chi connectivity index (χ3n) is 2.32. The average molecular weight is 237 g/mol. The summed E-state index contributed by atoms with van der Waals surface area (Å²) in [6.45, 7) is 4.05. The van der Waals surface area contributed by atoms with Crippen LogP contribution in [0.15, 0.2) is 18.5 Å². The molecule has 0 unspecified atom stereocenters. The van der Waals surface area contributed by atoms with Crippen molar-refractivity contribution in [2.75, 3.05) is 12.4 Å². The zero-order valence-corrected chi connectivity index (χ0v) is 10.4. The number of nitrogens with one attached hydrogen (secondary N) is 1. The van der Waals surface area contributed by atoms with E-state index in [0.29, 0.717) is 23.8 Å². The number of carbonyl (C=O) groups excluding carboxylic acids is 1. The van der Waals surface area contributed by atoms with Gasteiger partial charge in [0.2, 0.25) is 5.91 Å². The van der Waals surface area contributed by atoms with Crippen LogP contribution in [-0.4, -0.2) is 24.0 Å². The maximum absolute atomic E-state index is 11.8. The number of anilines is 1. The molecule has 17 heavy (non-hydrogen) atoms. The molecular weight excluding hydrogens is 218 g/mol. The largest absolute Gasteiger partial charge is 0.494 e. The Balaban J connectivity index is 2.67. The number of nitrogens with zero attached hydrogens (tertiary/aromatic N) is 1. The molecule has 5 heteroatoms. The molecule has 0 aliphatic heterocycles. The first-order chi connectivity index (χ1) is 8.04. The first-order valence-corrected chi connectivity index (χ1v) is 5.59. The Labute approximate surface area is 101 Å². The smallest absolute Gasteiger partial charge is 0.241 e. The Hall–Kier alpha value is -1.62. The van der Waals surface area contributed by atoms with E-state index in [1.807, 2.05) is 13.8 Å². The molecule has 5 nitrogen and oxygen atoms in total. The summed E-state index contributed by atoms with van der Waals surface area (Å²) in [6, 6.07) is 1.17. The zero-order valence-electron chi connectivity index (χ0n) is 10.4. The number of aromatic nitrogens is 1. The SMILES string of the molecule is COc1ccncc1NC(=O)[C@@H](N)CC(C)C. The number of carbonyl (C=O) groups is 1. The molecule has 1 heterocycles. The van der Waals surface area contributed by atoms with Crippen LogP contribution in [0.5, 0.6) is 5.75 Å². The van der Waals surface area contributed by atoms with Gasteiger partial charge in [-0.05, 0) is 12.3 Å². The molecule has 3 N–H and O–H groups in total. The highest BCUT2D eigenvalue weighted by molar-refractivity contribution is 5.95. The van der Waals surface area contributed by atoms with Gasteiger partial charge in [0.05, 0.1) is 19.3 Å². The second kappa shape index (κ2) is 6.20. The highest BCUT2D eigenvalue weighted by Crippen LogP contribution is 2.21. The molecule has 0 radical (unpaired) electrons. The lowest BCUT2D eigenvalue weighted by atomic mass is 10.0. The van der Waals surface area contributed by atoms with Gasteiger partial charge >= 0.3 is 0 Å². The third-order valence-corrected chi connectivity index (χ3v) is 2.32. The number of nitrogens with two attached hydrogens (primary N) is 1. The number of rotatable bonds is 5. The number of hydrogen-bond acceptors (Lipinski definition) is 4. The van der Waals surface area contributed by atoms with E-state index in [2.05, 4.69) is 10.3 Å². The third kappa shape index (κ3) is 4.03. The number of amides is 1. The van der Waals surface area contributed by atoms with Gasteiger partial charge in [0.1, 0.15) is 11.4 Å². The summed E-state index contributed by atoms with van der Waals surface area (Å²) >= 11 is 0. The first kappa shape index (κ1) is 13.4. The average Bonchev–Trinajstić information content (AvgIpc) is 2.28. The van der Waals surface area contributed by atoms with Crippen molar-refractivity contribution in [3.05, 3.63) is 18.5 Å². The van der Waals surface area contributed by atoms with Crippen molar-refractivity contribution in [2.24, 2.45) is 11.7 Å². The molecule has 0 aromatic carbocycles. The monoisotopic (exact) mass is 237 g/mol. The number of methoxy groups -OCH3 is 1. The molecule has 0 spiro atoms. The Morgan fingerprint density at radius 1 is 1.59 bits per heavy atom. The lowest BCUT2D eigenvalue weighted by Crippen LogP contribution is -2.36. The molecule has 0 aliphatic rings. The zero-order chi connectivity index (χ0) is 12.8. The van der Waals surface area contributed by atoms with Crippen molar-refractivity contribution in [2.45, 2.75) is 26.3 Å². The van der Waals surface area contributed by atoms with Crippen LogP contribution >= 0.6 is 0 Å². The van der Waals surface area contributed by atoms with Gasteiger partial charge < -0.3 is 15.8 Å². The molecule has 1 aromatic rings. The summed E-state index contributed by atoms with van der Waals surface area (Å²) in [5.74, 6) is 0.738. The maximum Gasteiger partial charge on any atom is 0.241 e. The number of pyridine rings is 1. The molecule has 0 saturated carbocycles. The Kier molecular flexibility index (Phi) is 4.90. The van der Waals surface area contributed by atoms with Gasteiger partial charge in [-0.2, -0.15) is 0 Å². The minimum atomic E-state index is -0.514. The van der Waals surface area contributed by atoms with Gasteiger partial charge in [0.15, 0.2) is 0 Å². The second-order valence-corrected chi connectivity index (χ2v) is 4.30. The van der Waals surface area contributed by atoms with E-state index in [1.165, 1.54) is 0 Å². The van der Waals surface area contributed by atoms with Gasteiger partial charge in [0, 0.05) is 12.3 Å². The van der Waals surface area contributed by atoms with Crippen molar-refractivity contribution in [1.82, 2.24) is 4.98 Å². The molecule has 1 rings (SSSR count). The maximum atomic E-state index is 11.8. The van der Waals surface area contributed by atoms with Gasteiger partial charge in [0.25, 0.3) is 0 Å². The predicted octanol–water partition coefficient (Wildman–Crippen LogP) is 1.40. The van der Waals surface area contributed by atoms with Crippen LogP contribution in [0.25, 0.3) is 0 Å². The molecule has 0 aliphatic carbocycles. The van der Waals surface area contributed by atoms with Crippen LogP contribution in [0.3, 0.4) is 0 Å². The molecular formula is C12H19N3O2. The number of hydrogen-bond donors (Lipinski definition) is 2. The lowest BCUT2D eigenvalue weighted by molar-refractivity contribution is -0.117. The van der Waals surface area contributed by atoms with Crippen molar-refractivity contribution in [3.8, 4) is 5.75 Å². The quantitative estimate of drug-likeness (QED) is 0.811. The second-order valence-electron chi connectivity index (χ2n) is 4.30. The van der Waals surface area contributed by atoms with Gasteiger partial charge in [-0.15, -0.1) is 0 Å². The van der Waals surface area contributed by atoms with Crippen LogP contribution < -0.4 is 15.8 Å². The highest BCUT2D eigenvalue weighted by atomic mass is 16.5. The van der Waals surface area contributed by atoms with Crippen LogP contribution in [0.2, 0.25) is 0 Å². The predicted molar refractivity (Wildman–Crippen MR) is 66.8 cm³/mol. The standard InChI is InChI=1S/C12H19N3O2/c1-8(2)6-9(13)12(16)15-10-7-14-5-4-11(10)17-3/h4-5,7-9H,6,13H2,1-3H3,(H,15,16)/t9-/m0/s1. The molecule has 1 amide bonds. The van der Waals surface area contributed by atoms with E-state index in [9.17, 15) is 4.79 Å². The first-order valence-electron chi connectivity index (χ1n) is 5.59. The summed E-state index contributed by atoms with van der Waals surface area (Å²) < 4.78 is 5.11. The fraction of sp³-hybridized carbons (Fsp3) is 0.500. The van der Waals surface area contributed by atoms with E-state index in [0.717, 1.165) is 0 Å².